The molecule has 2 saturated carbocycles. The molecule has 4 heteroatoms. The van der Waals surface area contributed by atoms with Gasteiger partial charge < -0.3 is 10.6 Å². The highest BCUT2D eigenvalue weighted by Gasteiger charge is 2.34. The molecule has 0 amide bonds. The topological polar surface area (TPSA) is 55.0 Å². The molecule has 0 saturated heterocycles. The predicted molar refractivity (Wildman–Crippen MR) is 73.7 cm³/mol. The van der Waals surface area contributed by atoms with Crippen molar-refractivity contribution >= 4 is 11.6 Å². The van der Waals surface area contributed by atoms with Gasteiger partial charge in [0.15, 0.2) is 0 Å². The van der Waals surface area contributed by atoms with Crippen LogP contribution in [0.2, 0.25) is 0 Å². The first-order valence-electron chi connectivity index (χ1n) is 6.91. The molecule has 0 aliphatic heterocycles. The van der Waals surface area contributed by atoms with E-state index in [4.69, 9.17) is 10.7 Å². The van der Waals surface area contributed by atoms with Crippen LogP contribution in [-0.2, 0) is 0 Å². The summed E-state index contributed by atoms with van der Waals surface area (Å²) >= 11 is 0. The third kappa shape index (κ3) is 2.16. The first-order valence-corrected chi connectivity index (χ1v) is 6.91. The van der Waals surface area contributed by atoms with Gasteiger partial charge in [-0.05, 0) is 38.0 Å². The molecular formula is C14H22N4. The summed E-state index contributed by atoms with van der Waals surface area (Å²) in [5.74, 6) is 4.88. The van der Waals surface area contributed by atoms with E-state index in [1.807, 2.05) is 6.92 Å². The van der Waals surface area contributed by atoms with Crippen LogP contribution in [0.15, 0.2) is 0 Å². The minimum absolute atomic E-state index is 0.555. The van der Waals surface area contributed by atoms with Crippen molar-refractivity contribution in [3.63, 3.8) is 0 Å². The Balaban J connectivity index is 1.84. The molecule has 1 aromatic heterocycles. The van der Waals surface area contributed by atoms with Crippen LogP contribution >= 0.6 is 0 Å². The van der Waals surface area contributed by atoms with Crippen LogP contribution < -0.4 is 10.6 Å². The van der Waals surface area contributed by atoms with E-state index >= 15 is 0 Å². The van der Waals surface area contributed by atoms with Crippen LogP contribution in [0.4, 0.5) is 11.6 Å². The van der Waals surface area contributed by atoms with Gasteiger partial charge in [0.2, 0.25) is 0 Å². The fourth-order valence-corrected chi connectivity index (χ4v) is 2.53. The van der Waals surface area contributed by atoms with Gasteiger partial charge in [-0.3, -0.25) is 0 Å². The average molecular weight is 246 g/mol. The van der Waals surface area contributed by atoms with E-state index in [2.05, 4.69) is 23.9 Å². The number of nitrogens with zero attached hydrogens (tertiary/aromatic N) is 3. The molecular weight excluding hydrogens is 224 g/mol. The number of nitrogen functional groups attached to an aromatic ring is 1. The van der Waals surface area contributed by atoms with Crippen LogP contribution in [0.1, 0.15) is 43.5 Å². The zero-order valence-corrected chi connectivity index (χ0v) is 11.5. The van der Waals surface area contributed by atoms with Gasteiger partial charge in [0.25, 0.3) is 0 Å². The quantitative estimate of drug-likeness (QED) is 0.886. The third-order valence-electron chi connectivity index (χ3n) is 4.26. The van der Waals surface area contributed by atoms with Gasteiger partial charge in [-0.2, -0.15) is 0 Å². The lowest BCUT2D eigenvalue weighted by molar-refractivity contribution is 0.714. The molecule has 4 nitrogen and oxygen atoms in total. The van der Waals surface area contributed by atoms with Crippen molar-refractivity contribution < 1.29 is 0 Å². The Morgan fingerprint density at radius 3 is 2.56 bits per heavy atom. The van der Waals surface area contributed by atoms with Crippen molar-refractivity contribution in [2.75, 3.05) is 24.2 Å². The molecule has 2 N–H and O–H groups in total. The second-order valence-corrected chi connectivity index (χ2v) is 6.04. The second-order valence-electron chi connectivity index (χ2n) is 6.04. The normalized spacial score (nSPS) is 26.2. The van der Waals surface area contributed by atoms with E-state index in [1.54, 1.807) is 0 Å². The molecule has 98 valence electrons. The molecule has 2 aliphatic rings. The molecule has 2 fully saturated rings. The number of aromatic nitrogens is 2. The molecule has 0 spiro atoms. The first kappa shape index (κ1) is 11.8. The first-order chi connectivity index (χ1) is 8.56. The molecule has 1 heterocycles. The second kappa shape index (κ2) is 4.11. The number of nitrogens with two attached hydrogens (primary N) is 1. The average Bonchev–Trinajstić information content (AvgIpc) is 3.20. The Hall–Kier alpha value is -1.32. The fourth-order valence-electron chi connectivity index (χ4n) is 2.53. The molecule has 0 aromatic carbocycles. The largest absolute Gasteiger partial charge is 0.383 e. The van der Waals surface area contributed by atoms with Gasteiger partial charge in [0, 0.05) is 25.1 Å². The Kier molecular flexibility index (Phi) is 2.68. The van der Waals surface area contributed by atoms with Gasteiger partial charge >= 0.3 is 0 Å². The van der Waals surface area contributed by atoms with Crippen molar-refractivity contribution in [2.24, 2.45) is 11.8 Å². The van der Waals surface area contributed by atoms with Crippen LogP contribution in [-0.4, -0.2) is 23.6 Å². The van der Waals surface area contributed by atoms with Crippen molar-refractivity contribution in [3.8, 4) is 0 Å². The Morgan fingerprint density at radius 2 is 2.00 bits per heavy atom. The lowest BCUT2D eigenvalue weighted by Gasteiger charge is -2.21. The summed E-state index contributed by atoms with van der Waals surface area (Å²) in [7, 11) is 2.12. The van der Waals surface area contributed by atoms with E-state index in [0.717, 1.165) is 35.6 Å². The van der Waals surface area contributed by atoms with E-state index in [0.29, 0.717) is 11.7 Å². The Labute approximate surface area is 109 Å². The van der Waals surface area contributed by atoms with Crippen molar-refractivity contribution in [2.45, 2.75) is 39.0 Å². The number of rotatable bonds is 4. The van der Waals surface area contributed by atoms with Crippen LogP contribution in [0.5, 0.6) is 0 Å². The lowest BCUT2D eigenvalue weighted by Crippen LogP contribution is -2.24. The summed E-state index contributed by atoms with van der Waals surface area (Å²) in [6.45, 7) is 5.42. The predicted octanol–water partition coefficient (Wildman–Crippen LogP) is 2.34. The van der Waals surface area contributed by atoms with E-state index < -0.39 is 0 Å². The SMILES string of the molecule is Cc1c(N)nc(C2CC2)nc1N(C)CC1CC1C. The standard InChI is InChI=1S/C14H22N4/c1-8-6-11(8)7-18(3)14-9(2)12(15)16-13(17-14)10-4-5-10/h8,10-11H,4-7H2,1-3H3,(H2,15,16,17). The molecule has 2 aliphatic carbocycles. The van der Waals surface area contributed by atoms with Crippen LogP contribution in [0.25, 0.3) is 0 Å². The number of anilines is 2. The third-order valence-corrected chi connectivity index (χ3v) is 4.26. The zero-order chi connectivity index (χ0) is 12.9. The maximum Gasteiger partial charge on any atom is 0.137 e. The summed E-state index contributed by atoms with van der Waals surface area (Å²) in [6, 6.07) is 0. The summed E-state index contributed by atoms with van der Waals surface area (Å²) in [6.07, 6.45) is 3.77. The molecule has 18 heavy (non-hydrogen) atoms. The summed E-state index contributed by atoms with van der Waals surface area (Å²) < 4.78 is 0. The molecule has 2 unspecified atom stereocenters. The van der Waals surface area contributed by atoms with Gasteiger partial charge in [0.05, 0.1) is 0 Å². The zero-order valence-electron chi connectivity index (χ0n) is 11.5. The van der Waals surface area contributed by atoms with Crippen LogP contribution in [0, 0.1) is 18.8 Å². The van der Waals surface area contributed by atoms with Gasteiger partial charge in [0.1, 0.15) is 17.5 Å². The van der Waals surface area contributed by atoms with E-state index in [9.17, 15) is 0 Å². The fraction of sp³-hybridized carbons (Fsp3) is 0.714. The van der Waals surface area contributed by atoms with Gasteiger partial charge in [-0.1, -0.05) is 6.92 Å². The molecule has 0 bridgehead atoms. The molecule has 0 radical (unpaired) electrons. The summed E-state index contributed by atoms with van der Waals surface area (Å²) in [4.78, 5) is 11.4. The summed E-state index contributed by atoms with van der Waals surface area (Å²) in [5, 5.41) is 0. The lowest BCUT2D eigenvalue weighted by atomic mass is 10.2. The summed E-state index contributed by atoms with van der Waals surface area (Å²) in [5.41, 5.74) is 7.04. The number of hydrogen-bond acceptors (Lipinski definition) is 4. The molecule has 1 aromatic rings. The van der Waals surface area contributed by atoms with Crippen molar-refractivity contribution in [1.82, 2.24) is 9.97 Å². The van der Waals surface area contributed by atoms with E-state index in [-0.39, 0.29) is 0 Å². The minimum atomic E-state index is 0.555. The smallest absolute Gasteiger partial charge is 0.137 e. The van der Waals surface area contributed by atoms with E-state index in [1.165, 1.54) is 19.3 Å². The molecule has 3 rings (SSSR count). The Morgan fingerprint density at radius 1 is 1.33 bits per heavy atom. The van der Waals surface area contributed by atoms with Gasteiger partial charge in [-0.15, -0.1) is 0 Å². The van der Waals surface area contributed by atoms with Crippen molar-refractivity contribution in [3.05, 3.63) is 11.4 Å². The minimum Gasteiger partial charge on any atom is -0.383 e. The monoisotopic (exact) mass is 246 g/mol. The van der Waals surface area contributed by atoms with Crippen molar-refractivity contribution in [1.29, 1.82) is 0 Å². The highest BCUT2D eigenvalue weighted by atomic mass is 15.2. The Bertz CT molecular complexity index is 467. The highest BCUT2D eigenvalue weighted by Crippen LogP contribution is 2.41. The maximum atomic E-state index is 6.02. The highest BCUT2D eigenvalue weighted by molar-refractivity contribution is 5.56. The maximum absolute atomic E-state index is 6.02. The number of hydrogen-bond donors (Lipinski definition) is 1. The van der Waals surface area contributed by atoms with Crippen LogP contribution in [0.3, 0.4) is 0 Å². The van der Waals surface area contributed by atoms with Gasteiger partial charge in [-0.25, -0.2) is 9.97 Å². The molecule has 2 atom stereocenters.